The molecule has 0 atom stereocenters. The molecule has 0 amide bonds. The SMILES string of the molecule is CCN(CC)C(=S)S.[Co]. The molecule has 0 heterocycles. The molecule has 0 aliphatic heterocycles. The van der Waals surface area contributed by atoms with Crippen LogP contribution in [0.1, 0.15) is 13.8 Å². The van der Waals surface area contributed by atoms with Crippen molar-refractivity contribution < 1.29 is 16.8 Å². The first-order chi connectivity index (χ1) is 3.72. The second-order valence-electron chi connectivity index (χ2n) is 1.45. The van der Waals surface area contributed by atoms with E-state index < -0.39 is 0 Å². The number of thiol groups is 1. The first kappa shape index (κ1) is 12.4. The Morgan fingerprint density at radius 1 is 1.44 bits per heavy atom. The number of hydrogen-bond acceptors (Lipinski definition) is 1. The topological polar surface area (TPSA) is 3.24 Å². The molecule has 0 saturated heterocycles. The van der Waals surface area contributed by atoms with Gasteiger partial charge in [0, 0.05) is 29.9 Å². The molecule has 1 radical (unpaired) electrons. The van der Waals surface area contributed by atoms with Crippen LogP contribution in [0.15, 0.2) is 0 Å². The second-order valence-corrected chi connectivity index (χ2v) is 2.57. The van der Waals surface area contributed by atoms with Crippen LogP contribution < -0.4 is 0 Å². The molecule has 0 aliphatic rings. The van der Waals surface area contributed by atoms with Crippen LogP contribution in [0, 0.1) is 0 Å². The molecule has 0 unspecified atom stereocenters. The van der Waals surface area contributed by atoms with E-state index in [9.17, 15) is 0 Å². The van der Waals surface area contributed by atoms with E-state index >= 15 is 0 Å². The van der Waals surface area contributed by atoms with Gasteiger partial charge in [-0.25, -0.2) is 0 Å². The fourth-order valence-electron chi connectivity index (χ4n) is 0.494. The Morgan fingerprint density at radius 2 is 1.78 bits per heavy atom. The summed E-state index contributed by atoms with van der Waals surface area (Å²) in [4.78, 5) is 2.01. The van der Waals surface area contributed by atoms with Crippen LogP contribution in [-0.4, -0.2) is 22.3 Å². The summed E-state index contributed by atoms with van der Waals surface area (Å²) in [6.07, 6.45) is 0. The predicted octanol–water partition coefficient (Wildman–Crippen LogP) is 1.54. The molecule has 0 aliphatic carbocycles. The van der Waals surface area contributed by atoms with Crippen LogP contribution in [0.25, 0.3) is 0 Å². The van der Waals surface area contributed by atoms with Crippen LogP contribution in [0.4, 0.5) is 0 Å². The largest absolute Gasteiger partial charge is 0.358 e. The van der Waals surface area contributed by atoms with Crippen molar-refractivity contribution in [3.05, 3.63) is 0 Å². The third kappa shape index (κ3) is 5.20. The molecule has 0 aromatic rings. The van der Waals surface area contributed by atoms with Gasteiger partial charge in [-0.05, 0) is 13.8 Å². The van der Waals surface area contributed by atoms with E-state index in [0.29, 0.717) is 4.32 Å². The summed E-state index contributed by atoms with van der Waals surface area (Å²) in [7, 11) is 0. The van der Waals surface area contributed by atoms with Crippen LogP contribution in [0.2, 0.25) is 0 Å². The van der Waals surface area contributed by atoms with Gasteiger partial charge in [-0.3, -0.25) is 0 Å². The van der Waals surface area contributed by atoms with Gasteiger partial charge < -0.3 is 4.90 Å². The van der Waals surface area contributed by atoms with Gasteiger partial charge in [0.1, 0.15) is 4.32 Å². The molecule has 0 N–H and O–H groups in total. The number of nitrogens with zero attached hydrogens (tertiary/aromatic N) is 1. The van der Waals surface area contributed by atoms with Gasteiger partial charge in [-0.2, -0.15) is 0 Å². The quantitative estimate of drug-likeness (QED) is 0.541. The van der Waals surface area contributed by atoms with Crippen molar-refractivity contribution in [1.82, 2.24) is 4.90 Å². The van der Waals surface area contributed by atoms with Crippen molar-refractivity contribution in [2.24, 2.45) is 0 Å². The van der Waals surface area contributed by atoms with Crippen LogP contribution in [-0.2, 0) is 16.8 Å². The minimum Gasteiger partial charge on any atom is -0.358 e. The standard InChI is InChI=1S/C5H11NS2.Co/c1-3-6(4-2)5(7)8;/h3-4H2,1-2H3,(H,7,8);. The first-order valence-corrected chi connectivity index (χ1v) is 3.55. The Bertz CT molecular complexity index is 83.0. The van der Waals surface area contributed by atoms with E-state index in [-0.39, 0.29) is 16.8 Å². The summed E-state index contributed by atoms with van der Waals surface area (Å²) in [6.45, 7) is 6.04. The van der Waals surface area contributed by atoms with E-state index in [2.05, 4.69) is 26.5 Å². The summed E-state index contributed by atoms with van der Waals surface area (Å²) < 4.78 is 0.690. The summed E-state index contributed by atoms with van der Waals surface area (Å²) >= 11 is 8.82. The Morgan fingerprint density at radius 3 is 1.78 bits per heavy atom. The van der Waals surface area contributed by atoms with Crippen LogP contribution in [0.3, 0.4) is 0 Å². The molecule has 0 spiro atoms. The average Bonchev–Trinajstić information content (AvgIpc) is 1.69. The van der Waals surface area contributed by atoms with E-state index in [4.69, 9.17) is 12.2 Å². The molecule has 1 nitrogen and oxygen atoms in total. The van der Waals surface area contributed by atoms with Gasteiger partial charge in [0.2, 0.25) is 0 Å². The molecule has 0 saturated carbocycles. The van der Waals surface area contributed by atoms with Gasteiger partial charge in [0.15, 0.2) is 0 Å². The Labute approximate surface area is 77.8 Å². The van der Waals surface area contributed by atoms with E-state index in [1.54, 1.807) is 0 Å². The van der Waals surface area contributed by atoms with Crippen molar-refractivity contribution >= 4 is 29.2 Å². The van der Waals surface area contributed by atoms with Gasteiger partial charge in [-0.15, -0.1) is 12.6 Å². The third-order valence-electron chi connectivity index (χ3n) is 1.03. The summed E-state index contributed by atoms with van der Waals surface area (Å²) in [5, 5.41) is 0. The van der Waals surface area contributed by atoms with Crippen molar-refractivity contribution in [1.29, 1.82) is 0 Å². The molecule has 0 aromatic heterocycles. The zero-order valence-electron chi connectivity index (χ0n) is 5.55. The normalized spacial score (nSPS) is 7.89. The molecule has 0 aromatic carbocycles. The van der Waals surface area contributed by atoms with Crippen molar-refractivity contribution in [2.45, 2.75) is 13.8 Å². The van der Waals surface area contributed by atoms with Gasteiger partial charge >= 0.3 is 0 Å². The molecule has 0 fully saturated rings. The molecule has 57 valence electrons. The number of rotatable bonds is 2. The zero-order valence-corrected chi connectivity index (χ0v) is 8.30. The van der Waals surface area contributed by atoms with Crippen LogP contribution >= 0.6 is 24.8 Å². The van der Waals surface area contributed by atoms with E-state index in [1.807, 2.05) is 4.90 Å². The maximum absolute atomic E-state index is 4.81. The molecule has 9 heavy (non-hydrogen) atoms. The molecule has 0 rings (SSSR count). The van der Waals surface area contributed by atoms with Gasteiger partial charge in [-0.1, -0.05) is 12.2 Å². The first-order valence-electron chi connectivity index (χ1n) is 2.70. The van der Waals surface area contributed by atoms with E-state index in [0.717, 1.165) is 13.1 Å². The minimum absolute atomic E-state index is 0. The minimum atomic E-state index is 0. The summed E-state index contributed by atoms with van der Waals surface area (Å²) in [5.41, 5.74) is 0. The molecule has 0 bridgehead atoms. The van der Waals surface area contributed by atoms with Crippen molar-refractivity contribution in [3.63, 3.8) is 0 Å². The average molecular weight is 208 g/mol. The molecular weight excluding hydrogens is 197 g/mol. The predicted molar refractivity (Wildman–Crippen MR) is 44.5 cm³/mol. The maximum Gasteiger partial charge on any atom is 0.133 e. The smallest absolute Gasteiger partial charge is 0.133 e. The third-order valence-corrected chi connectivity index (χ3v) is 1.58. The van der Waals surface area contributed by atoms with Crippen molar-refractivity contribution in [2.75, 3.05) is 13.1 Å². The summed E-state index contributed by atoms with van der Waals surface area (Å²) in [6, 6.07) is 0. The zero-order chi connectivity index (χ0) is 6.57. The monoisotopic (exact) mass is 208 g/mol. The fraction of sp³-hybridized carbons (Fsp3) is 0.800. The molecular formula is C5H11CoNS2. The fourth-order valence-corrected chi connectivity index (χ4v) is 1.04. The maximum atomic E-state index is 4.81. The van der Waals surface area contributed by atoms with Gasteiger partial charge in [0.05, 0.1) is 0 Å². The van der Waals surface area contributed by atoms with Crippen molar-refractivity contribution in [3.8, 4) is 0 Å². The summed E-state index contributed by atoms with van der Waals surface area (Å²) in [5.74, 6) is 0. The number of hydrogen-bond donors (Lipinski definition) is 1. The number of thiocarbonyl (C=S) groups is 1. The Kier molecular flexibility index (Phi) is 9.47. The van der Waals surface area contributed by atoms with E-state index in [1.165, 1.54) is 0 Å². The Balaban J connectivity index is 0. The van der Waals surface area contributed by atoms with Crippen LogP contribution in [0.5, 0.6) is 0 Å². The Hall–Kier alpha value is 0.746. The molecule has 4 heteroatoms. The second kappa shape index (κ2) is 6.86. The van der Waals surface area contributed by atoms with Gasteiger partial charge in [0.25, 0.3) is 0 Å².